The van der Waals surface area contributed by atoms with E-state index in [0.717, 1.165) is 9.37 Å². The minimum Gasteiger partial charge on any atom is -0.389 e. The Morgan fingerprint density at radius 1 is 1.22 bits per heavy atom. The van der Waals surface area contributed by atoms with E-state index in [0.29, 0.717) is 10.5 Å². The van der Waals surface area contributed by atoms with Crippen LogP contribution >= 0.6 is 27.7 Å². The second-order valence-corrected chi connectivity index (χ2v) is 5.96. The molecular weight excluding hydrogens is 315 g/mol. The number of halogens is 2. The molecule has 0 fully saturated rings. The molecule has 18 heavy (non-hydrogen) atoms. The van der Waals surface area contributed by atoms with E-state index < -0.39 is 6.10 Å². The molecule has 0 heterocycles. The van der Waals surface area contributed by atoms with E-state index >= 15 is 0 Å². The van der Waals surface area contributed by atoms with Crippen molar-refractivity contribution in [3.63, 3.8) is 0 Å². The zero-order valence-electron chi connectivity index (χ0n) is 9.73. The van der Waals surface area contributed by atoms with Gasteiger partial charge in [-0.2, -0.15) is 0 Å². The second kappa shape index (κ2) is 5.87. The highest BCUT2D eigenvalue weighted by Gasteiger charge is 2.08. The van der Waals surface area contributed by atoms with Gasteiger partial charge in [-0.15, -0.1) is 0 Å². The average molecular weight is 327 g/mol. The summed E-state index contributed by atoms with van der Waals surface area (Å²) in [4.78, 5) is 1.52. The van der Waals surface area contributed by atoms with Gasteiger partial charge in [-0.05, 0) is 42.8 Å². The molecule has 1 N–H and O–H groups in total. The smallest absolute Gasteiger partial charge is 0.137 e. The normalized spacial score (nSPS) is 12.4. The molecule has 0 radical (unpaired) electrons. The summed E-state index contributed by atoms with van der Waals surface area (Å²) in [6, 6.07) is 12.5. The first-order valence-corrected chi connectivity index (χ1v) is 7.08. The Labute approximate surface area is 118 Å². The van der Waals surface area contributed by atoms with Crippen molar-refractivity contribution < 1.29 is 9.50 Å². The molecule has 2 aromatic rings. The van der Waals surface area contributed by atoms with Crippen molar-refractivity contribution in [1.82, 2.24) is 0 Å². The van der Waals surface area contributed by atoms with Gasteiger partial charge < -0.3 is 5.11 Å². The lowest BCUT2D eigenvalue weighted by atomic mass is 10.1. The van der Waals surface area contributed by atoms with Crippen LogP contribution in [0.3, 0.4) is 0 Å². The lowest BCUT2D eigenvalue weighted by molar-refractivity contribution is 0.198. The molecule has 0 aromatic heterocycles. The summed E-state index contributed by atoms with van der Waals surface area (Å²) in [5.74, 6) is -0.307. The molecule has 1 unspecified atom stereocenters. The van der Waals surface area contributed by atoms with Gasteiger partial charge in [0.05, 0.1) is 6.10 Å². The maximum atomic E-state index is 13.9. The number of benzene rings is 2. The third kappa shape index (κ3) is 3.34. The summed E-state index contributed by atoms with van der Waals surface area (Å²) < 4.78 is 14.8. The van der Waals surface area contributed by atoms with Crippen LogP contribution in [0.2, 0.25) is 0 Å². The van der Waals surface area contributed by atoms with E-state index in [1.54, 1.807) is 19.1 Å². The van der Waals surface area contributed by atoms with E-state index in [4.69, 9.17) is 0 Å². The molecular formula is C14H12BrFOS. The van der Waals surface area contributed by atoms with Gasteiger partial charge in [0, 0.05) is 14.3 Å². The van der Waals surface area contributed by atoms with Gasteiger partial charge in [-0.3, -0.25) is 0 Å². The zero-order valence-corrected chi connectivity index (χ0v) is 12.1. The Morgan fingerprint density at radius 3 is 2.61 bits per heavy atom. The number of aliphatic hydroxyl groups is 1. The fraction of sp³-hybridized carbons (Fsp3) is 0.143. The summed E-state index contributed by atoms with van der Waals surface area (Å²) in [5, 5.41) is 9.39. The van der Waals surface area contributed by atoms with E-state index in [1.165, 1.54) is 17.8 Å². The van der Waals surface area contributed by atoms with Gasteiger partial charge in [0.1, 0.15) is 5.82 Å². The summed E-state index contributed by atoms with van der Waals surface area (Å²) in [6.07, 6.45) is -0.649. The van der Waals surface area contributed by atoms with Gasteiger partial charge in [0.15, 0.2) is 0 Å². The minimum absolute atomic E-state index is 0.307. The SMILES string of the molecule is CC(O)c1ccc(Sc2cccc(Br)c2)c(F)c1. The zero-order chi connectivity index (χ0) is 13.1. The van der Waals surface area contributed by atoms with Crippen LogP contribution in [-0.4, -0.2) is 5.11 Å². The molecule has 0 saturated heterocycles. The topological polar surface area (TPSA) is 20.2 Å². The maximum absolute atomic E-state index is 13.9. The van der Waals surface area contributed by atoms with Crippen LogP contribution < -0.4 is 0 Å². The summed E-state index contributed by atoms with van der Waals surface area (Å²) in [7, 11) is 0. The summed E-state index contributed by atoms with van der Waals surface area (Å²) in [5.41, 5.74) is 0.589. The molecule has 0 spiro atoms. The van der Waals surface area contributed by atoms with Gasteiger partial charge in [-0.25, -0.2) is 4.39 Å². The Hall–Kier alpha value is -0.840. The molecule has 0 aliphatic carbocycles. The highest BCUT2D eigenvalue weighted by molar-refractivity contribution is 9.10. The first kappa shape index (κ1) is 13.6. The van der Waals surface area contributed by atoms with Crippen LogP contribution in [0.25, 0.3) is 0 Å². The lowest BCUT2D eigenvalue weighted by Crippen LogP contribution is -1.92. The Bertz CT molecular complexity index is 557. The largest absolute Gasteiger partial charge is 0.389 e. The highest BCUT2D eigenvalue weighted by Crippen LogP contribution is 2.32. The lowest BCUT2D eigenvalue weighted by Gasteiger charge is -2.08. The monoisotopic (exact) mass is 326 g/mol. The van der Waals surface area contributed by atoms with Crippen molar-refractivity contribution in [2.75, 3.05) is 0 Å². The number of rotatable bonds is 3. The fourth-order valence-electron chi connectivity index (χ4n) is 1.52. The standard InChI is InChI=1S/C14H12BrFOS/c1-9(17)10-5-6-14(13(16)7-10)18-12-4-2-3-11(15)8-12/h2-9,17H,1H3. The van der Waals surface area contributed by atoms with E-state index in [2.05, 4.69) is 15.9 Å². The number of aliphatic hydroxyl groups excluding tert-OH is 1. The molecule has 0 aliphatic rings. The van der Waals surface area contributed by atoms with Crippen LogP contribution in [-0.2, 0) is 0 Å². The van der Waals surface area contributed by atoms with Crippen LogP contribution in [0.5, 0.6) is 0 Å². The molecule has 4 heteroatoms. The average Bonchev–Trinajstić information content (AvgIpc) is 2.31. The Kier molecular flexibility index (Phi) is 4.43. The van der Waals surface area contributed by atoms with Crippen LogP contribution in [0.1, 0.15) is 18.6 Å². The van der Waals surface area contributed by atoms with Crippen LogP contribution in [0.15, 0.2) is 56.7 Å². The third-order valence-electron chi connectivity index (χ3n) is 2.46. The first-order valence-electron chi connectivity index (χ1n) is 5.47. The fourth-order valence-corrected chi connectivity index (χ4v) is 2.95. The second-order valence-electron chi connectivity index (χ2n) is 3.93. The Morgan fingerprint density at radius 2 is 2.00 bits per heavy atom. The molecule has 2 aromatic carbocycles. The molecule has 1 nitrogen and oxygen atoms in total. The molecule has 0 bridgehead atoms. The van der Waals surface area contributed by atoms with Crippen LogP contribution in [0.4, 0.5) is 4.39 Å². The molecule has 94 valence electrons. The summed E-state index contributed by atoms with van der Waals surface area (Å²) >= 11 is 4.75. The highest BCUT2D eigenvalue weighted by atomic mass is 79.9. The van der Waals surface area contributed by atoms with Crippen molar-refractivity contribution in [3.05, 3.63) is 58.3 Å². The predicted molar refractivity (Wildman–Crippen MR) is 75.3 cm³/mol. The Balaban J connectivity index is 2.24. The maximum Gasteiger partial charge on any atom is 0.137 e. The van der Waals surface area contributed by atoms with Crippen molar-refractivity contribution in [3.8, 4) is 0 Å². The van der Waals surface area contributed by atoms with Gasteiger partial charge in [0.2, 0.25) is 0 Å². The molecule has 0 aliphatic heterocycles. The van der Waals surface area contributed by atoms with E-state index in [1.807, 2.05) is 24.3 Å². The molecule has 0 saturated carbocycles. The quantitative estimate of drug-likeness (QED) is 0.874. The van der Waals surface area contributed by atoms with Crippen molar-refractivity contribution in [1.29, 1.82) is 0 Å². The van der Waals surface area contributed by atoms with E-state index in [9.17, 15) is 9.50 Å². The van der Waals surface area contributed by atoms with Crippen LogP contribution in [0, 0.1) is 5.82 Å². The number of hydrogen-bond acceptors (Lipinski definition) is 2. The van der Waals surface area contributed by atoms with Gasteiger partial charge in [0.25, 0.3) is 0 Å². The number of hydrogen-bond donors (Lipinski definition) is 1. The van der Waals surface area contributed by atoms with Gasteiger partial charge in [-0.1, -0.05) is 39.8 Å². The van der Waals surface area contributed by atoms with E-state index in [-0.39, 0.29) is 5.82 Å². The van der Waals surface area contributed by atoms with Crippen molar-refractivity contribution >= 4 is 27.7 Å². The first-order chi connectivity index (χ1) is 8.56. The molecule has 2 rings (SSSR count). The van der Waals surface area contributed by atoms with Gasteiger partial charge >= 0.3 is 0 Å². The minimum atomic E-state index is -0.649. The predicted octanol–water partition coefficient (Wildman–Crippen LogP) is 4.79. The van der Waals surface area contributed by atoms with Crippen molar-refractivity contribution in [2.24, 2.45) is 0 Å². The van der Waals surface area contributed by atoms with Crippen molar-refractivity contribution in [2.45, 2.75) is 22.8 Å². The molecule has 0 amide bonds. The third-order valence-corrected chi connectivity index (χ3v) is 4.00. The summed E-state index contributed by atoms with van der Waals surface area (Å²) in [6.45, 7) is 1.62. The molecule has 1 atom stereocenters.